The van der Waals surface area contributed by atoms with E-state index in [1.165, 1.54) is 23.1 Å². The molecule has 1 atom stereocenters. The second-order valence-corrected chi connectivity index (χ2v) is 10.5. The zero-order valence-electron chi connectivity index (χ0n) is 21.2. The maximum absolute atomic E-state index is 13.3. The number of nitrogens with one attached hydrogen (secondary N) is 3. The Kier molecular flexibility index (Phi) is 9.49. The van der Waals surface area contributed by atoms with E-state index in [9.17, 15) is 14.4 Å². The van der Waals surface area contributed by atoms with E-state index < -0.39 is 11.8 Å². The highest BCUT2D eigenvalue weighted by Crippen LogP contribution is 2.26. The molecule has 0 aliphatic rings. The van der Waals surface area contributed by atoms with Crippen LogP contribution in [-0.2, 0) is 9.59 Å². The maximum atomic E-state index is 13.3. The Bertz CT molecular complexity index is 1460. The van der Waals surface area contributed by atoms with Crippen molar-refractivity contribution in [1.82, 2.24) is 10.3 Å². The van der Waals surface area contributed by atoms with E-state index >= 15 is 0 Å². The van der Waals surface area contributed by atoms with Gasteiger partial charge in [0.2, 0.25) is 5.91 Å². The molecule has 1 aromatic heterocycles. The van der Waals surface area contributed by atoms with E-state index in [-0.39, 0.29) is 16.9 Å². The molecule has 0 aliphatic carbocycles. The van der Waals surface area contributed by atoms with Gasteiger partial charge in [0.05, 0.1) is 12.4 Å². The zero-order chi connectivity index (χ0) is 27.6. The summed E-state index contributed by atoms with van der Waals surface area (Å²) in [5.41, 5.74) is 1.72. The first-order valence-corrected chi connectivity index (χ1v) is 13.7. The molecule has 1 heterocycles. The van der Waals surface area contributed by atoms with Gasteiger partial charge in [0.1, 0.15) is 11.4 Å². The first-order chi connectivity index (χ1) is 18.9. The number of benzene rings is 3. The molecule has 3 aromatic carbocycles. The minimum atomic E-state index is -0.487. The molecule has 0 aliphatic heterocycles. The van der Waals surface area contributed by atoms with Crippen LogP contribution in [0.15, 0.2) is 101 Å². The van der Waals surface area contributed by atoms with E-state index in [1.54, 1.807) is 79.4 Å². The van der Waals surface area contributed by atoms with Gasteiger partial charge in [-0.2, -0.15) is 0 Å². The van der Waals surface area contributed by atoms with E-state index in [1.807, 2.05) is 31.2 Å². The second kappa shape index (κ2) is 13.4. The van der Waals surface area contributed by atoms with Gasteiger partial charge in [-0.05, 0) is 67.1 Å². The summed E-state index contributed by atoms with van der Waals surface area (Å²) in [7, 11) is 1.56. The summed E-state index contributed by atoms with van der Waals surface area (Å²) >= 11 is 2.75. The Morgan fingerprint density at radius 1 is 0.974 bits per heavy atom. The molecular formula is C29H26N4O4S2. The van der Waals surface area contributed by atoms with Crippen LogP contribution in [0.3, 0.4) is 0 Å². The molecule has 8 nitrogen and oxygen atoms in total. The molecule has 0 spiro atoms. The summed E-state index contributed by atoms with van der Waals surface area (Å²) in [5.74, 6) is -0.412. The van der Waals surface area contributed by atoms with Crippen LogP contribution in [0.1, 0.15) is 22.8 Å². The molecule has 0 fully saturated rings. The first-order valence-electron chi connectivity index (χ1n) is 11.9. The van der Waals surface area contributed by atoms with Gasteiger partial charge in [-0.25, -0.2) is 4.98 Å². The Hall–Kier alpha value is -4.41. The average Bonchev–Trinajstić information content (AvgIpc) is 3.47. The minimum Gasteiger partial charge on any atom is -0.497 e. The van der Waals surface area contributed by atoms with Crippen molar-refractivity contribution in [3.63, 3.8) is 0 Å². The number of nitrogens with zero attached hydrogens (tertiary/aromatic N) is 1. The summed E-state index contributed by atoms with van der Waals surface area (Å²) in [6.07, 6.45) is 3.22. The standard InChI is InChI=1S/C29H26N4O4S2/c1-19(26(34)33-29-30-15-16-38-29)39-24-13-11-22(12-14-24)31-28(36)25(18-20-7-6-10-23(17-20)37-2)32-27(35)21-8-4-3-5-9-21/h3-19H,1-2H3,(H,31,36)(H,32,35)(H,30,33,34)/b25-18-. The fourth-order valence-corrected chi connectivity index (χ4v) is 4.80. The molecule has 0 radical (unpaired) electrons. The van der Waals surface area contributed by atoms with Gasteiger partial charge in [-0.3, -0.25) is 14.4 Å². The number of amides is 3. The molecular weight excluding hydrogens is 532 g/mol. The summed E-state index contributed by atoms with van der Waals surface area (Å²) in [6.45, 7) is 1.81. The molecule has 3 amide bonds. The van der Waals surface area contributed by atoms with Crippen molar-refractivity contribution < 1.29 is 19.1 Å². The van der Waals surface area contributed by atoms with Crippen LogP contribution >= 0.6 is 23.1 Å². The Labute approximate surface area is 234 Å². The monoisotopic (exact) mass is 558 g/mol. The SMILES string of the molecule is COc1cccc(/C=C(\NC(=O)c2ccccc2)C(=O)Nc2ccc(SC(C)C(=O)Nc3nccs3)cc2)c1. The minimum absolute atomic E-state index is 0.0723. The van der Waals surface area contributed by atoms with Gasteiger partial charge in [0.25, 0.3) is 11.8 Å². The molecule has 0 saturated carbocycles. The van der Waals surface area contributed by atoms with Gasteiger partial charge in [-0.1, -0.05) is 30.3 Å². The van der Waals surface area contributed by atoms with Gasteiger partial charge in [-0.15, -0.1) is 23.1 Å². The predicted molar refractivity (Wildman–Crippen MR) is 156 cm³/mol. The van der Waals surface area contributed by atoms with Crippen LogP contribution in [0.2, 0.25) is 0 Å². The van der Waals surface area contributed by atoms with Gasteiger partial charge in [0.15, 0.2) is 5.13 Å². The number of hydrogen-bond donors (Lipinski definition) is 3. The van der Waals surface area contributed by atoms with E-state index in [2.05, 4.69) is 20.9 Å². The average molecular weight is 559 g/mol. The lowest BCUT2D eigenvalue weighted by molar-refractivity contribution is -0.115. The topological polar surface area (TPSA) is 109 Å². The molecule has 10 heteroatoms. The smallest absolute Gasteiger partial charge is 0.272 e. The fraction of sp³-hybridized carbons (Fsp3) is 0.103. The van der Waals surface area contributed by atoms with Crippen LogP contribution in [0.4, 0.5) is 10.8 Å². The summed E-state index contributed by atoms with van der Waals surface area (Å²) in [4.78, 5) is 43.4. The number of carbonyl (C=O) groups is 3. The van der Waals surface area contributed by atoms with E-state index in [4.69, 9.17) is 4.74 Å². The lowest BCUT2D eigenvalue weighted by atomic mass is 10.1. The van der Waals surface area contributed by atoms with Crippen LogP contribution in [0, 0.1) is 0 Å². The maximum Gasteiger partial charge on any atom is 0.272 e. The van der Waals surface area contributed by atoms with Crippen molar-refractivity contribution in [2.45, 2.75) is 17.1 Å². The third kappa shape index (κ3) is 8.03. The molecule has 198 valence electrons. The molecule has 0 bridgehead atoms. The number of thiazole rings is 1. The van der Waals surface area contributed by atoms with Crippen molar-refractivity contribution in [3.8, 4) is 5.75 Å². The Morgan fingerprint density at radius 3 is 2.44 bits per heavy atom. The quantitative estimate of drug-likeness (QED) is 0.171. The van der Waals surface area contributed by atoms with Crippen molar-refractivity contribution in [3.05, 3.63) is 107 Å². The molecule has 3 N–H and O–H groups in total. The summed E-state index contributed by atoms with van der Waals surface area (Å²) in [5, 5.41) is 10.4. The Balaban J connectivity index is 1.45. The van der Waals surface area contributed by atoms with Crippen molar-refractivity contribution in [2.24, 2.45) is 0 Å². The normalized spacial score (nSPS) is 11.8. The second-order valence-electron chi connectivity index (χ2n) is 8.22. The number of anilines is 2. The van der Waals surface area contributed by atoms with E-state index in [0.717, 1.165) is 4.90 Å². The van der Waals surface area contributed by atoms with Gasteiger partial charge < -0.3 is 20.7 Å². The third-order valence-electron chi connectivity index (χ3n) is 5.39. The highest BCUT2D eigenvalue weighted by atomic mass is 32.2. The molecule has 1 unspecified atom stereocenters. The Morgan fingerprint density at radius 2 is 1.74 bits per heavy atom. The van der Waals surface area contributed by atoms with Gasteiger partial charge >= 0.3 is 0 Å². The lowest BCUT2D eigenvalue weighted by Gasteiger charge is -2.13. The van der Waals surface area contributed by atoms with Crippen LogP contribution in [0.25, 0.3) is 6.08 Å². The number of rotatable bonds is 10. The zero-order valence-corrected chi connectivity index (χ0v) is 22.8. The van der Waals surface area contributed by atoms with Crippen LogP contribution in [0.5, 0.6) is 5.75 Å². The highest BCUT2D eigenvalue weighted by molar-refractivity contribution is 8.00. The number of methoxy groups -OCH3 is 1. The largest absolute Gasteiger partial charge is 0.497 e. The van der Waals surface area contributed by atoms with Crippen molar-refractivity contribution in [1.29, 1.82) is 0 Å². The fourth-order valence-electron chi connectivity index (χ4n) is 3.41. The number of hydrogen-bond acceptors (Lipinski definition) is 7. The highest BCUT2D eigenvalue weighted by Gasteiger charge is 2.17. The van der Waals surface area contributed by atoms with Crippen molar-refractivity contribution in [2.75, 3.05) is 17.7 Å². The summed E-state index contributed by atoms with van der Waals surface area (Å²) < 4.78 is 5.28. The lowest BCUT2D eigenvalue weighted by Crippen LogP contribution is -2.30. The number of ether oxygens (including phenoxy) is 1. The third-order valence-corrected chi connectivity index (χ3v) is 7.19. The molecule has 0 saturated heterocycles. The van der Waals surface area contributed by atoms with Gasteiger partial charge in [0, 0.05) is 27.7 Å². The summed E-state index contributed by atoms with van der Waals surface area (Å²) in [6, 6.07) is 23.0. The first kappa shape index (κ1) is 27.6. The number of carbonyl (C=O) groups excluding carboxylic acids is 3. The van der Waals surface area contributed by atoms with Crippen LogP contribution < -0.4 is 20.7 Å². The molecule has 4 aromatic rings. The van der Waals surface area contributed by atoms with E-state index in [0.29, 0.717) is 27.7 Å². The number of thioether (sulfide) groups is 1. The predicted octanol–water partition coefficient (Wildman–Crippen LogP) is 5.68. The van der Waals surface area contributed by atoms with Crippen LogP contribution in [-0.4, -0.2) is 35.1 Å². The van der Waals surface area contributed by atoms with Crippen molar-refractivity contribution >= 4 is 57.7 Å². The molecule has 39 heavy (non-hydrogen) atoms. The molecule has 4 rings (SSSR count). The number of aromatic nitrogens is 1.